The van der Waals surface area contributed by atoms with Gasteiger partial charge in [-0.25, -0.2) is 4.79 Å². The maximum atomic E-state index is 12.4. The monoisotopic (exact) mass is 368 g/mol. The van der Waals surface area contributed by atoms with Gasteiger partial charge in [0.05, 0.1) is 6.04 Å². The molecule has 1 N–H and O–H groups in total. The van der Waals surface area contributed by atoms with Gasteiger partial charge in [-0.05, 0) is 51.5 Å². The highest BCUT2D eigenvalue weighted by molar-refractivity contribution is 9.10. The molecule has 0 aliphatic carbocycles. The molecule has 5 nitrogen and oxygen atoms in total. The Morgan fingerprint density at radius 1 is 1.27 bits per heavy atom. The second kappa shape index (κ2) is 6.69. The Bertz CT molecular complexity index is 552. The summed E-state index contributed by atoms with van der Waals surface area (Å²) in [6, 6.07) is 7.22. The van der Waals surface area contributed by atoms with Crippen molar-refractivity contribution >= 4 is 27.9 Å². The molecule has 0 bridgehead atoms. The number of hydrogen-bond donors (Lipinski definition) is 1. The number of hydrogen-bond acceptors (Lipinski definition) is 3. The number of amides is 2. The zero-order chi connectivity index (χ0) is 16.3. The summed E-state index contributed by atoms with van der Waals surface area (Å²) in [5.41, 5.74) is 0.136. The number of alkyl carbamates (subject to hydrolysis) is 1. The molecule has 1 fully saturated rings. The van der Waals surface area contributed by atoms with E-state index in [-0.39, 0.29) is 11.9 Å². The van der Waals surface area contributed by atoms with Crippen molar-refractivity contribution in [1.29, 1.82) is 0 Å². The average molecular weight is 369 g/mol. The molecular formula is C16H21BrN2O3. The van der Waals surface area contributed by atoms with E-state index in [2.05, 4.69) is 21.2 Å². The van der Waals surface area contributed by atoms with E-state index in [0.717, 1.165) is 10.9 Å². The largest absolute Gasteiger partial charge is 0.444 e. The molecule has 1 aliphatic rings. The summed E-state index contributed by atoms with van der Waals surface area (Å²) < 4.78 is 6.17. The van der Waals surface area contributed by atoms with Crippen molar-refractivity contribution < 1.29 is 14.3 Å². The van der Waals surface area contributed by atoms with Gasteiger partial charge in [-0.1, -0.05) is 15.9 Å². The highest BCUT2D eigenvalue weighted by Crippen LogP contribution is 2.17. The minimum absolute atomic E-state index is 0.0130. The lowest BCUT2D eigenvalue weighted by molar-refractivity contribution is 0.0502. The quantitative estimate of drug-likeness (QED) is 0.871. The Balaban J connectivity index is 1.88. The molecule has 1 unspecified atom stereocenters. The van der Waals surface area contributed by atoms with Gasteiger partial charge in [0.1, 0.15) is 5.60 Å². The van der Waals surface area contributed by atoms with Crippen molar-refractivity contribution in [3.8, 4) is 0 Å². The van der Waals surface area contributed by atoms with E-state index in [1.807, 2.05) is 32.9 Å². The molecular weight excluding hydrogens is 348 g/mol. The number of ether oxygens (including phenoxy) is 1. The third-order valence-corrected chi connectivity index (χ3v) is 3.82. The molecule has 0 radical (unpaired) electrons. The van der Waals surface area contributed by atoms with E-state index in [1.54, 1.807) is 17.0 Å². The maximum absolute atomic E-state index is 12.4. The summed E-state index contributed by atoms with van der Waals surface area (Å²) in [5.74, 6) is -0.0130. The van der Waals surface area contributed by atoms with Gasteiger partial charge in [0.15, 0.2) is 0 Å². The topological polar surface area (TPSA) is 58.6 Å². The number of carbonyl (C=O) groups excluding carboxylic acids is 2. The van der Waals surface area contributed by atoms with E-state index < -0.39 is 11.7 Å². The molecule has 0 saturated carbocycles. The van der Waals surface area contributed by atoms with E-state index in [0.29, 0.717) is 18.7 Å². The van der Waals surface area contributed by atoms with Crippen molar-refractivity contribution in [2.75, 3.05) is 13.1 Å². The van der Waals surface area contributed by atoms with Crippen molar-refractivity contribution in [3.05, 3.63) is 34.3 Å². The molecule has 6 heteroatoms. The Kier molecular flexibility index (Phi) is 5.11. The van der Waals surface area contributed by atoms with Crippen LogP contribution in [0.2, 0.25) is 0 Å². The van der Waals surface area contributed by atoms with Crippen LogP contribution in [-0.4, -0.2) is 41.6 Å². The predicted molar refractivity (Wildman–Crippen MR) is 87.8 cm³/mol. The third-order valence-electron chi connectivity index (χ3n) is 3.29. The first-order chi connectivity index (χ1) is 10.2. The first kappa shape index (κ1) is 16.8. The summed E-state index contributed by atoms with van der Waals surface area (Å²) >= 11 is 3.35. The number of halogens is 1. The van der Waals surface area contributed by atoms with E-state index in [9.17, 15) is 9.59 Å². The fraction of sp³-hybridized carbons (Fsp3) is 0.500. The fourth-order valence-electron chi connectivity index (χ4n) is 2.31. The highest BCUT2D eigenvalue weighted by Gasteiger charge is 2.29. The van der Waals surface area contributed by atoms with Crippen LogP contribution in [0.15, 0.2) is 28.7 Å². The molecule has 1 atom stereocenters. The van der Waals surface area contributed by atoms with Crippen molar-refractivity contribution in [2.45, 2.75) is 38.8 Å². The minimum Gasteiger partial charge on any atom is -0.444 e. The molecule has 1 heterocycles. The van der Waals surface area contributed by atoms with Gasteiger partial charge in [0.2, 0.25) is 0 Å². The normalized spacial score (nSPS) is 18.2. The lowest BCUT2D eigenvalue weighted by Crippen LogP contribution is -2.41. The number of nitrogens with one attached hydrogen (secondary N) is 1. The number of rotatable bonds is 2. The molecule has 1 saturated heterocycles. The van der Waals surface area contributed by atoms with E-state index >= 15 is 0 Å². The lowest BCUT2D eigenvalue weighted by atomic mass is 10.2. The molecule has 2 amide bonds. The number of likely N-dealkylation sites (tertiary alicyclic amines) is 1. The number of nitrogens with zero attached hydrogens (tertiary/aromatic N) is 1. The standard InChI is InChI=1S/C16H21BrN2O3/c1-16(2,3)22-15(21)18-13-8-9-19(10-13)14(20)11-4-6-12(17)7-5-11/h4-7,13H,8-10H2,1-3H3,(H,18,21). The Morgan fingerprint density at radius 3 is 2.50 bits per heavy atom. The highest BCUT2D eigenvalue weighted by atomic mass is 79.9. The van der Waals surface area contributed by atoms with Crippen molar-refractivity contribution in [3.63, 3.8) is 0 Å². The molecule has 1 aliphatic heterocycles. The maximum Gasteiger partial charge on any atom is 0.407 e. The van der Waals surface area contributed by atoms with E-state index in [1.165, 1.54) is 0 Å². The molecule has 22 heavy (non-hydrogen) atoms. The smallest absolute Gasteiger partial charge is 0.407 e. The van der Waals surface area contributed by atoms with Gasteiger partial charge >= 0.3 is 6.09 Å². The molecule has 2 rings (SSSR count). The molecule has 1 aromatic carbocycles. The van der Waals surface area contributed by atoms with Crippen LogP contribution in [0.25, 0.3) is 0 Å². The van der Waals surface area contributed by atoms with Crippen LogP contribution >= 0.6 is 15.9 Å². The second-order valence-corrected chi connectivity index (χ2v) is 7.31. The molecule has 0 spiro atoms. The van der Waals surface area contributed by atoms with Crippen molar-refractivity contribution in [2.24, 2.45) is 0 Å². The van der Waals surface area contributed by atoms with Crippen LogP contribution in [0.1, 0.15) is 37.6 Å². The summed E-state index contributed by atoms with van der Waals surface area (Å²) in [6.07, 6.45) is 0.303. The summed E-state index contributed by atoms with van der Waals surface area (Å²) in [5, 5.41) is 2.82. The zero-order valence-electron chi connectivity index (χ0n) is 13.1. The molecule has 120 valence electrons. The summed E-state index contributed by atoms with van der Waals surface area (Å²) in [7, 11) is 0. The third kappa shape index (κ3) is 4.73. The summed E-state index contributed by atoms with van der Waals surface area (Å²) in [6.45, 7) is 6.61. The first-order valence-electron chi connectivity index (χ1n) is 7.29. The van der Waals surface area contributed by atoms with Gasteiger partial charge in [-0.2, -0.15) is 0 Å². The van der Waals surface area contributed by atoms with Gasteiger partial charge in [0, 0.05) is 23.1 Å². The van der Waals surface area contributed by atoms with E-state index in [4.69, 9.17) is 4.74 Å². The van der Waals surface area contributed by atoms with Gasteiger partial charge in [-0.3, -0.25) is 4.79 Å². The van der Waals surface area contributed by atoms with Crippen LogP contribution < -0.4 is 5.32 Å². The van der Waals surface area contributed by atoms with Crippen LogP contribution in [0.3, 0.4) is 0 Å². The SMILES string of the molecule is CC(C)(C)OC(=O)NC1CCN(C(=O)c2ccc(Br)cc2)C1. The summed E-state index contributed by atoms with van der Waals surface area (Å²) in [4.78, 5) is 25.9. The van der Waals surface area contributed by atoms with Crippen LogP contribution in [0.4, 0.5) is 4.79 Å². The predicted octanol–water partition coefficient (Wildman–Crippen LogP) is 3.19. The zero-order valence-corrected chi connectivity index (χ0v) is 14.6. The van der Waals surface area contributed by atoms with Crippen molar-refractivity contribution in [1.82, 2.24) is 10.2 Å². The Hall–Kier alpha value is -1.56. The fourth-order valence-corrected chi connectivity index (χ4v) is 2.58. The second-order valence-electron chi connectivity index (χ2n) is 6.39. The Labute approximate surface area is 139 Å². The number of benzene rings is 1. The van der Waals surface area contributed by atoms with Crippen LogP contribution in [0, 0.1) is 0 Å². The van der Waals surface area contributed by atoms with Gasteiger partial charge in [-0.15, -0.1) is 0 Å². The first-order valence-corrected chi connectivity index (χ1v) is 8.08. The van der Waals surface area contributed by atoms with Gasteiger partial charge < -0.3 is 15.0 Å². The lowest BCUT2D eigenvalue weighted by Gasteiger charge is -2.22. The molecule has 0 aromatic heterocycles. The average Bonchev–Trinajstić information content (AvgIpc) is 2.85. The number of carbonyl (C=O) groups is 2. The molecule has 1 aromatic rings. The van der Waals surface area contributed by atoms with Gasteiger partial charge in [0.25, 0.3) is 5.91 Å². The van der Waals surface area contributed by atoms with Crippen LogP contribution in [-0.2, 0) is 4.74 Å². The minimum atomic E-state index is -0.518. The van der Waals surface area contributed by atoms with Crippen LogP contribution in [0.5, 0.6) is 0 Å². The Morgan fingerprint density at radius 2 is 1.91 bits per heavy atom.